The maximum absolute atomic E-state index is 2.31. The average molecular weight is 279 g/mol. The largest absolute Gasteiger partial charge is 0.120 e. The van der Waals surface area contributed by atoms with Gasteiger partial charge in [0, 0.05) is 9.64 Å². The second-order valence-corrected chi connectivity index (χ2v) is 10.2. The standard InChI is InChI=1S/C18H30S/c1-16(2,3)13-11-10-12-14(17(4,5)6)15(13)19-18(7,8)9/h10-12H,1-9H3. The molecular weight excluding hydrogens is 248 g/mol. The molecule has 0 nitrogen and oxygen atoms in total. The predicted octanol–water partition coefficient (Wildman–Crippen LogP) is 6.17. The Morgan fingerprint density at radius 1 is 0.684 bits per heavy atom. The zero-order chi connectivity index (χ0) is 15.1. The van der Waals surface area contributed by atoms with E-state index in [0.29, 0.717) is 0 Å². The van der Waals surface area contributed by atoms with Gasteiger partial charge in [-0.3, -0.25) is 0 Å². The van der Waals surface area contributed by atoms with Crippen molar-refractivity contribution >= 4 is 11.8 Å². The normalized spacial score (nSPS) is 13.7. The van der Waals surface area contributed by atoms with Gasteiger partial charge in [-0.25, -0.2) is 0 Å². The lowest BCUT2D eigenvalue weighted by atomic mass is 9.80. The molecule has 0 amide bonds. The Kier molecular flexibility index (Phi) is 4.52. The van der Waals surface area contributed by atoms with Crippen LogP contribution in [0.25, 0.3) is 0 Å². The molecule has 0 atom stereocenters. The van der Waals surface area contributed by atoms with Gasteiger partial charge in [-0.05, 0) is 22.0 Å². The van der Waals surface area contributed by atoms with E-state index < -0.39 is 0 Å². The Balaban J connectivity index is 3.51. The van der Waals surface area contributed by atoms with E-state index in [2.05, 4.69) is 80.5 Å². The second kappa shape index (κ2) is 5.16. The van der Waals surface area contributed by atoms with Crippen LogP contribution in [0.15, 0.2) is 23.1 Å². The van der Waals surface area contributed by atoms with Gasteiger partial charge in [-0.1, -0.05) is 80.5 Å². The molecule has 0 aromatic heterocycles. The first-order valence-corrected chi connectivity index (χ1v) is 7.97. The van der Waals surface area contributed by atoms with Crippen LogP contribution in [0, 0.1) is 0 Å². The molecule has 0 unspecified atom stereocenters. The monoisotopic (exact) mass is 278 g/mol. The molecule has 1 heteroatoms. The van der Waals surface area contributed by atoms with Crippen molar-refractivity contribution in [3.05, 3.63) is 29.3 Å². The molecule has 0 heterocycles. The molecule has 0 N–H and O–H groups in total. The van der Waals surface area contributed by atoms with E-state index in [9.17, 15) is 0 Å². The molecule has 0 spiro atoms. The first kappa shape index (κ1) is 16.6. The van der Waals surface area contributed by atoms with Crippen LogP contribution in [0.3, 0.4) is 0 Å². The molecule has 108 valence electrons. The fourth-order valence-corrected chi connectivity index (χ4v) is 3.72. The summed E-state index contributed by atoms with van der Waals surface area (Å²) in [7, 11) is 0. The van der Waals surface area contributed by atoms with Crippen LogP contribution in [-0.4, -0.2) is 4.75 Å². The first-order valence-electron chi connectivity index (χ1n) is 7.15. The van der Waals surface area contributed by atoms with Gasteiger partial charge < -0.3 is 0 Å². The van der Waals surface area contributed by atoms with Crippen LogP contribution in [-0.2, 0) is 10.8 Å². The predicted molar refractivity (Wildman–Crippen MR) is 89.5 cm³/mol. The molecule has 0 aliphatic heterocycles. The van der Waals surface area contributed by atoms with Gasteiger partial charge >= 0.3 is 0 Å². The zero-order valence-electron chi connectivity index (χ0n) is 14.1. The topological polar surface area (TPSA) is 0 Å². The van der Waals surface area contributed by atoms with Crippen LogP contribution in [0.2, 0.25) is 0 Å². The van der Waals surface area contributed by atoms with Crippen molar-refractivity contribution in [1.29, 1.82) is 0 Å². The van der Waals surface area contributed by atoms with E-state index in [1.807, 2.05) is 11.8 Å². The fraction of sp³-hybridized carbons (Fsp3) is 0.667. The SMILES string of the molecule is CC(C)(C)Sc1c(C(C)(C)C)cccc1C(C)(C)C. The highest BCUT2D eigenvalue weighted by Crippen LogP contribution is 2.44. The highest BCUT2D eigenvalue weighted by atomic mass is 32.2. The smallest absolute Gasteiger partial charge is 0.0152 e. The Hall–Kier alpha value is -0.430. The van der Waals surface area contributed by atoms with Crippen molar-refractivity contribution in [2.24, 2.45) is 0 Å². The molecule has 0 fully saturated rings. The molecule has 0 aliphatic carbocycles. The van der Waals surface area contributed by atoms with Crippen molar-refractivity contribution in [3.63, 3.8) is 0 Å². The highest BCUT2D eigenvalue weighted by molar-refractivity contribution is 8.00. The maximum Gasteiger partial charge on any atom is 0.0152 e. The van der Waals surface area contributed by atoms with Gasteiger partial charge in [-0.15, -0.1) is 11.8 Å². The summed E-state index contributed by atoms with van der Waals surface area (Å²) in [6, 6.07) is 6.81. The molecule has 0 bridgehead atoms. The van der Waals surface area contributed by atoms with Gasteiger partial charge in [0.1, 0.15) is 0 Å². The molecule has 19 heavy (non-hydrogen) atoms. The summed E-state index contributed by atoms with van der Waals surface area (Å²) in [4.78, 5) is 1.48. The van der Waals surface area contributed by atoms with E-state index in [4.69, 9.17) is 0 Å². The first-order chi connectivity index (χ1) is 8.32. The van der Waals surface area contributed by atoms with E-state index >= 15 is 0 Å². The van der Waals surface area contributed by atoms with Crippen molar-refractivity contribution in [3.8, 4) is 0 Å². The second-order valence-electron chi connectivity index (χ2n) is 8.40. The molecule has 0 aliphatic rings. The highest BCUT2D eigenvalue weighted by Gasteiger charge is 2.28. The minimum atomic E-state index is 0.189. The number of benzene rings is 1. The Morgan fingerprint density at radius 3 is 1.32 bits per heavy atom. The summed E-state index contributed by atoms with van der Waals surface area (Å²) < 4.78 is 0.237. The lowest BCUT2D eigenvalue weighted by Crippen LogP contribution is -2.21. The minimum absolute atomic E-state index is 0.189. The number of rotatable bonds is 1. The molecule has 1 rings (SSSR count). The van der Waals surface area contributed by atoms with Crippen molar-refractivity contribution in [2.45, 2.75) is 82.8 Å². The maximum atomic E-state index is 2.31. The van der Waals surface area contributed by atoms with E-state index in [1.165, 1.54) is 16.0 Å². The summed E-state index contributed by atoms with van der Waals surface area (Å²) in [5, 5.41) is 0. The van der Waals surface area contributed by atoms with Gasteiger partial charge in [0.2, 0.25) is 0 Å². The Morgan fingerprint density at radius 2 is 1.05 bits per heavy atom. The third-order valence-corrected chi connectivity index (χ3v) is 4.30. The summed E-state index contributed by atoms with van der Waals surface area (Å²) >= 11 is 2.01. The fourth-order valence-electron chi connectivity index (χ4n) is 2.13. The molecule has 0 radical (unpaired) electrons. The number of hydrogen-bond acceptors (Lipinski definition) is 1. The summed E-state index contributed by atoms with van der Waals surface area (Å²) in [5.41, 5.74) is 3.32. The molecule has 0 saturated heterocycles. The molecular formula is C18H30S. The average Bonchev–Trinajstić information content (AvgIpc) is 2.11. The lowest BCUT2D eigenvalue weighted by Gasteiger charge is -2.32. The molecule has 0 saturated carbocycles. The number of thioether (sulfide) groups is 1. The Bertz CT molecular complexity index is 404. The van der Waals surface area contributed by atoms with Crippen LogP contribution in [0.4, 0.5) is 0 Å². The van der Waals surface area contributed by atoms with Crippen LogP contribution in [0.5, 0.6) is 0 Å². The minimum Gasteiger partial charge on any atom is -0.120 e. The molecule has 1 aromatic rings. The van der Waals surface area contributed by atoms with Gasteiger partial charge in [0.05, 0.1) is 0 Å². The van der Waals surface area contributed by atoms with Gasteiger partial charge in [0.25, 0.3) is 0 Å². The van der Waals surface area contributed by atoms with Gasteiger partial charge in [-0.2, -0.15) is 0 Å². The van der Waals surface area contributed by atoms with E-state index in [1.54, 1.807) is 0 Å². The third-order valence-electron chi connectivity index (χ3n) is 3.04. The van der Waals surface area contributed by atoms with Crippen LogP contribution >= 0.6 is 11.8 Å². The quantitative estimate of drug-likeness (QED) is 0.553. The zero-order valence-corrected chi connectivity index (χ0v) is 15.0. The van der Waals surface area contributed by atoms with Crippen LogP contribution < -0.4 is 0 Å². The third kappa shape index (κ3) is 4.56. The van der Waals surface area contributed by atoms with Crippen molar-refractivity contribution < 1.29 is 0 Å². The summed E-state index contributed by atoms with van der Waals surface area (Å²) in [5.74, 6) is 0. The molecule has 1 aromatic carbocycles. The van der Waals surface area contributed by atoms with E-state index in [0.717, 1.165) is 0 Å². The van der Waals surface area contributed by atoms with Gasteiger partial charge in [0.15, 0.2) is 0 Å². The van der Waals surface area contributed by atoms with Crippen LogP contribution in [0.1, 0.15) is 73.4 Å². The lowest BCUT2D eigenvalue weighted by molar-refractivity contribution is 0.545. The number of hydrogen-bond donors (Lipinski definition) is 0. The Labute approximate surface area is 124 Å². The van der Waals surface area contributed by atoms with Crippen molar-refractivity contribution in [1.82, 2.24) is 0 Å². The van der Waals surface area contributed by atoms with Crippen molar-refractivity contribution in [2.75, 3.05) is 0 Å². The summed E-state index contributed by atoms with van der Waals surface area (Å²) in [6.07, 6.45) is 0. The van der Waals surface area contributed by atoms with E-state index in [-0.39, 0.29) is 15.6 Å². The summed E-state index contributed by atoms with van der Waals surface area (Å²) in [6.45, 7) is 20.7.